The lowest BCUT2D eigenvalue weighted by atomic mass is 10.0. The van der Waals surface area contributed by atoms with Gasteiger partial charge < -0.3 is 10.2 Å². The van der Waals surface area contributed by atoms with Crippen molar-refractivity contribution in [3.63, 3.8) is 0 Å². The second-order valence-corrected chi connectivity index (χ2v) is 8.46. The predicted molar refractivity (Wildman–Crippen MR) is 99.5 cm³/mol. The largest absolute Gasteiger partial charge is 0.343 e. The molecule has 0 bridgehead atoms. The molecule has 0 aliphatic carbocycles. The zero-order chi connectivity index (χ0) is 19.3. The molecule has 8 heteroatoms. The van der Waals surface area contributed by atoms with Crippen LogP contribution in [-0.4, -0.2) is 69.1 Å². The number of carbonyl (C=O) groups excluding carboxylic acids is 2. The van der Waals surface area contributed by atoms with E-state index in [4.69, 9.17) is 0 Å². The Labute approximate surface area is 155 Å². The van der Waals surface area contributed by atoms with E-state index in [1.165, 1.54) is 35.5 Å². The van der Waals surface area contributed by atoms with E-state index in [1.54, 1.807) is 19.0 Å². The smallest absolute Gasteiger partial charge is 0.243 e. The number of nitrogens with zero attached hydrogens (tertiary/aromatic N) is 2. The van der Waals surface area contributed by atoms with Gasteiger partial charge in [-0.15, -0.1) is 0 Å². The second kappa shape index (κ2) is 8.75. The van der Waals surface area contributed by atoms with Crippen molar-refractivity contribution in [2.75, 3.05) is 33.7 Å². The maximum absolute atomic E-state index is 13.1. The number of benzene rings is 1. The van der Waals surface area contributed by atoms with Crippen molar-refractivity contribution >= 4 is 21.7 Å². The van der Waals surface area contributed by atoms with E-state index in [0.717, 1.165) is 12.8 Å². The number of Topliss-reactive ketones (excluding diaryl/α,β-unsaturated/α-hetero) is 1. The van der Waals surface area contributed by atoms with Gasteiger partial charge in [-0.2, -0.15) is 4.31 Å². The van der Waals surface area contributed by atoms with Gasteiger partial charge in [-0.05, 0) is 38.9 Å². The maximum Gasteiger partial charge on any atom is 0.243 e. The average Bonchev–Trinajstić information content (AvgIpc) is 2.65. The fourth-order valence-electron chi connectivity index (χ4n) is 3.08. The SMILES string of the molecule is CNCCN(C)C(=O)C1CCCCN1S(=O)(=O)c1ccc(C(C)=O)cc1. The number of amides is 1. The Hall–Kier alpha value is -1.77. The molecule has 26 heavy (non-hydrogen) atoms. The zero-order valence-electron chi connectivity index (χ0n) is 15.6. The lowest BCUT2D eigenvalue weighted by Crippen LogP contribution is -2.52. The minimum Gasteiger partial charge on any atom is -0.343 e. The third kappa shape index (κ3) is 4.49. The molecule has 0 saturated carbocycles. The standard InChI is InChI=1S/C18H27N3O4S/c1-14(22)15-7-9-16(10-8-15)26(24,25)21-12-5-4-6-17(21)18(23)20(3)13-11-19-2/h7-10,17,19H,4-6,11-13H2,1-3H3. The number of piperidine rings is 1. The molecule has 7 nitrogen and oxygen atoms in total. The van der Waals surface area contributed by atoms with E-state index in [0.29, 0.717) is 31.6 Å². The van der Waals surface area contributed by atoms with Gasteiger partial charge in [0.25, 0.3) is 0 Å². The Morgan fingerprint density at radius 2 is 1.88 bits per heavy atom. The lowest BCUT2D eigenvalue weighted by Gasteiger charge is -2.35. The van der Waals surface area contributed by atoms with Crippen molar-refractivity contribution in [1.82, 2.24) is 14.5 Å². The summed E-state index contributed by atoms with van der Waals surface area (Å²) in [7, 11) is -0.293. The number of hydrogen-bond acceptors (Lipinski definition) is 5. The summed E-state index contributed by atoms with van der Waals surface area (Å²) in [5.74, 6) is -0.296. The highest BCUT2D eigenvalue weighted by Crippen LogP contribution is 2.26. The molecule has 1 saturated heterocycles. The van der Waals surface area contributed by atoms with Gasteiger partial charge in [0, 0.05) is 32.2 Å². The first-order valence-electron chi connectivity index (χ1n) is 8.81. The maximum atomic E-state index is 13.1. The third-order valence-electron chi connectivity index (χ3n) is 4.68. The van der Waals surface area contributed by atoms with Gasteiger partial charge in [-0.1, -0.05) is 18.6 Å². The van der Waals surface area contributed by atoms with Crippen molar-refractivity contribution < 1.29 is 18.0 Å². The van der Waals surface area contributed by atoms with E-state index < -0.39 is 16.1 Å². The Kier molecular flexibility index (Phi) is 6.91. The number of carbonyl (C=O) groups is 2. The molecule has 1 amide bonds. The van der Waals surface area contributed by atoms with E-state index in [1.807, 2.05) is 0 Å². The average molecular weight is 381 g/mol. The Balaban J connectivity index is 2.26. The molecule has 0 radical (unpaired) electrons. The van der Waals surface area contributed by atoms with Crippen LogP contribution >= 0.6 is 0 Å². The van der Waals surface area contributed by atoms with Crippen LogP contribution in [-0.2, 0) is 14.8 Å². The Bertz CT molecular complexity index is 746. The molecular weight excluding hydrogens is 354 g/mol. The summed E-state index contributed by atoms with van der Waals surface area (Å²) in [6.07, 6.45) is 2.08. The Morgan fingerprint density at radius 3 is 2.46 bits per heavy atom. The second-order valence-electron chi connectivity index (χ2n) is 6.57. The molecule has 1 atom stereocenters. The highest BCUT2D eigenvalue weighted by atomic mass is 32.2. The van der Waals surface area contributed by atoms with Gasteiger partial charge >= 0.3 is 0 Å². The number of nitrogens with one attached hydrogen (secondary N) is 1. The molecule has 1 fully saturated rings. The van der Waals surface area contributed by atoms with Gasteiger partial charge in [0.2, 0.25) is 15.9 Å². The molecule has 1 heterocycles. The van der Waals surface area contributed by atoms with Crippen LogP contribution in [0.2, 0.25) is 0 Å². The van der Waals surface area contributed by atoms with Gasteiger partial charge in [-0.25, -0.2) is 8.42 Å². The molecule has 1 aromatic rings. The highest BCUT2D eigenvalue weighted by Gasteiger charge is 2.38. The van der Waals surface area contributed by atoms with E-state index in [2.05, 4.69) is 5.32 Å². The molecule has 2 rings (SSSR count). The molecule has 1 unspecified atom stereocenters. The molecule has 0 aromatic heterocycles. The van der Waals surface area contributed by atoms with E-state index in [-0.39, 0.29) is 16.6 Å². The van der Waals surface area contributed by atoms with Crippen LogP contribution in [0.25, 0.3) is 0 Å². The summed E-state index contributed by atoms with van der Waals surface area (Å²) >= 11 is 0. The number of rotatable bonds is 7. The predicted octanol–water partition coefficient (Wildman–Crippen LogP) is 1.11. The molecule has 1 aliphatic rings. The van der Waals surface area contributed by atoms with Gasteiger partial charge in [0.05, 0.1) is 4.90 Å². The van der Waals surface area contributed by atoms with Gasteiger partial charge in [0.15, 0.2) is 5.78 Å². The summed E-state index contributed by atoms with van der Waals surface area (Å²) < 4.78 is 27.5. The lowest BCUT2D eigenvalue weighted by molar-refractivity contribution is -0.134. The number of likely N-dealkylation sites (N-methyl/N-ethyl adjacent to an activating group) is 2. The van der Waals surface area contributed by atoms with Crippen LogP contribution in [0.5, 0.6) is 0 Å². The van der Waals surface area contributed by atoms with Crippen LogP contribution in [0.15, 0.2) is 29.2 Å². The molecule has 1 N–H and O–H groups in total. The van der Waals surface area contributed by atoms with Crippen LogP contribution in [0, 0.1) is 0 Å². The summed E-state index contributed by atoms with van der Waals surface area (Å²) in [6, 6.07) is 5.22. The summed E-state index contributed by atoms with van der Waals surface area (Å²) in [5.41, 5.74) is 0.460. The fourth-order valence-corrected chi connectivity index (χ4v) is 4.73. The first-order valence-corrected chi connectivity index (χ1v) is 10.3. The number of hydrogen-bond donors (Lipinski definition) is 1. The third-order valence-corrected chi connectivity index (χ3v) is 6.60. The summed E-state index contributed by atoms with van der Waals surface area (Å²) in [5, 5.41) is 2.98. The quantitative estimate of drug-likeness (QED) is 0.715. The highest BCUT2D eigenvalue weighted by molar-refractivity contribution is 7.89. The first-order chi connectivity index (χ1) is 12.3. The van der Waals surface area contributed by atoms with Crippen molar-refractivity contribution in [3.05, 3.63) is 29.8 Å². The minimum atomic E-state index is -3.79. The van der Waals surface area contributed by atoms with E-state index in [9.17, 15) is 18.0 Å². The Morgan fingerprint density at radius 1 is 1.23 bits per heavy atom. The molecule has 1 aliphatic heterocycles. The molecular formula is C18H27N3O4S. The minimum absolute atomic E-state index is 0.111. The molecule has 144 valence electrons. The van der Waals surface area contributed by atoms with Crippen molar-refractivity contribution in [2.45, 2.75) is 37.1 Å². The van der Waals surface area contributed by atoms with Crippen LogP contribution < -0.4 is 5.32 Å². The number of sulfonamides is 1. The van der Waals surface area contributed by atoms with Gasteiger partial charge in [-0.3, -0.25) is 9.59 Å². The van der Waals surface area contributed by atoms with Gasteiger partial charge in [0.1, 0.15) is 6.04 Å². The van der Waals surface area contributed by atoms with Crippen LogP contribution in [0.1, 0.15) is 36.5 Å². The molecule has 1 aromatic carbocycles. The van der Waals surface area contributed by atoms with Crippen LogP contribution in [0.3, 0.4) is 0 Å². The normalized spacial score (nSPS) is 18.5. The monoisotopic (exact) mass is 381 g/mol. The first kappa shape index (κ1) is 20.5. The zero-order valence-corrected chi connectivity index (χ0v) is 16.4. The van der Waals surface area contributed by atoms with Crippen molar-refractivity contribution in [3.8, 4) is 0 Å². The topological polar surface area (TPSA) is 86.8 Å². The number of ketones is 1. The van der Waals surface area contributed by atoms with E-state index >= 15 is 0 Å². The fraction of sp³-hybridized carbons (Fsp3) is 0.556. The van der Waals surface area contributed by atoms with Crippen molar-refractivity contribution in [2.24, 2.45) is 0 Å². The van der Waals surface area contributed by atoms with Crippen LogP contribution in [0.4, 0.5) is 0 Å². The van der Waals surface area contributed by atoms with Crippen molar-refractivity contribution in [1.29, 1.82) is 0 Å². The summed E-state index contributed by atoms with van der Waals surface area (Å²) in [6.45, 7) is 2.93. The summed E-state index contributed by atoms with van der Waals surface area (Å²) in [4.78, 5) is 25.9. The molecule has 0 spiro atoms.